The van der Waals surface area contributed by atoms with Crippen LogP contribution < -0.4 is 5.32 Å². The number of likely N-dealkylation sites (N-methyl/N-ethyl adjacent to an activating group) is 1. The lowest BCUT2D eigenvalue weighted by Gasteiger charge is -2.25. The molecule has 15 heavy (non-hydrogen) atoms. The second-order valence-corrected chi connectivity index (χ2v) is 5.25. The molecule has 2 rings (SSSR count). The molecule has 1 aromatic heterocycles. The highest BCUT2D eigenvalue weighted by Crippen LogP contribution is 2.32. The van der Waals surface area contributed by atoms with Crippen LogP contribution in [0.3, 0.4) is 0 Å². The Hall–Kier alpha value is -0.340. The summed E-state index contributed by atoms with van der Waals surface area (Å²) in [5.74, 6) is 0.763. The molecule has 0 amide bonds. The van der Waals surface area contributed by atoms with Crippen LogP contribution in [0.15, 0.2) is 16.8 Å². The van der Waals surface area contributed by atoms with Gasteiger partial charge in [0, 0.05) is 12.0 Å². The third-order valence-electron chi connectivity index (χ3n) is 3.45. The molecule has 2 heteroatoms. The van der Waals surface area contributed by atoms with Crippen molar-refractivity contribution >= 4 is 11.3 Å². The Morgan fingerprint density at radius 1 is 1.33 bits per heavy atom. The summed E-state index contributed by atoms with van der Waals surface area (Å²) in [4.78, 5) is 0. The minimum Gasteiger partial charge on any atom is -0.314 e. The van der Waals surface area contributed by atoms with Gasteiger partial charge in [0.05, 0.1) is 0 Å². The van der Waals surface area contributed by atoms with Crippen LogP contribution in [0, 0.1) is 0 Å². The van der Waals surface area contributed by atoms with Crippen molar-refractivity contribution in [2.45, 2.75) is 51.0 Å². The molecular formula is C13H21NS. The van der Waals surface area contributed by atoms with E-state index in [1.54, 1.807) is 5.56 Å². The highest BCUT2D eigenvalue weighted by atomic mass is 32.1. The molecule has 0 aliphatic heterocycles. The molecule has 1 aliphatic rings. The van der Waals surface area contributed by atoms with Crippen molar-refractivity contribution in [2.24, 2.45) is 0 Å². The molecular weight excluding hydrogens is 202 g/mol. The van der Waals surface area contributed by atoms with E-state index in [1.807, 2.05) is 11.3 Å². The monoisotopic (exact) mass is 223 g/mol. The quantitative estimate of drug-likeness (QED) is 0.769. The van der Waals surface area contributed by atoms with Crippen LogP contribution in [0.25, 0.3) is 0 Å². The maximum absolute atomic E-state index is 3.67. The zero-order valence-corrected chi connectivity index (χ0v) is 10.4. The van der Waals surface area contributed by atoms with Crippen LogP contribution in [0.5, 0.6) is 0 Å². The second kappa shape index (κ2) is 5.66. The van der Waals surface area contributed by atoms with Crippen molar-refractivity contribution < 1.29 is 0 Å². The summed E-state index contributed by atoms with van der Waals surface area (Å²) in [6, 6.07) is 3.03. The smallest absolute Gasteiger partial charge is 0.0136 e. The molecule has 0 spiro atoms. The molecule has 1 aliphatic carbocycles. The molecule has 1 N–H and O–H groups in total. The first-order valence-corrected chi connectivity index (χ1v) is 7.11. The van der Waals surface area contributed by atoms with E-state index in [-0.39, 0.29) is 0 Å². The van der Waals surface area contributed by atoms with E-state index in [4.69, 9.17) is 0 Å². The molecule has 2 unspecified atom stereocenters. The predicted octanol–water partition coefficient (Wildman–Crippen LogP) is 3.77. The second-order valence-electron chi connectivity index (χ2n) is 4.47. The minimum absolute atomic E-state index is 0.715. The molecule has 0 bridgehead atoms. The van der Waals surface area contributed by atoms with Crippen LogP contribution in [-0.4, -0.2) is 12.6 Å². The maximum atomic E-state index is 3.67. The Balaban J connectivity index is 2.09. The zero-order valence-electron chi connectivity index (χ0n) is 9.54. The van der Waals surface area contributed by atoms with E-state index in [2.05, 4.69) is 29.1 Å². The van der Waals surface area contributed by atoms with Gasteiger partial charge in [-0.15, -0.1) is 0 Å². The van der Waals surface area contributed by atoms with Crippen molar-refractivity contribution in [3.05, 3.63) is 22.4 Å². The fraction of sp³-hybridized carbons (Fsp3) is 0.692. The highest BCUT2D eigenvalue weighted by Gasteiger charge is 2.24. The van der Waals surface area contributed by atoms with Gasteiger partial charge in [-0.2, -0.15) is 11.3 Å². The summed E-state index contributed by atoms with van der Waals surface area (Å²) in [6.07, 6.45) is 6.95. The summed E-state index contributed by atoms with van der Waals surface area (Å²) in [6.45, 7) is 3.32. The summed E-state index contributed by atoms with van der Waals surface area (Å²) >= 11 is 1.83. The van der Waals surface area contributed by atoms with Gasteiger partial charge in [0.1, 0.15) is 0 Å². The van der Waals surface area contributed by atoms with Gasteiger partial charge < -0.3 is 5.32 Å². The van der Waals surface area contributed by atoms with Crippen molar-refractivity contribution in [2.75, 3.05) is 6.54 Å². The van der Waals surface area contributed by atoms with Gasteiger partial charge in [0.25, 0.3) is 0 Å². The fourth-order valence-corrected chi connectivity index (χ4v) is 3.42. The Morgan fingerprint density at radius 2 is 2.20 bits per heavy atom. The Labute approximate surface area is 96.9 Å². The summed E-state index contributed by atoms with van der Waals surface area (Å²) in [5, 5.41) is 8.21. The maximum Gasteiger partial charge on any atom is 0.0136 e. The third kappa shape index (κ3) is 2.82. The van der Waals surface area contributed by atoms with Gasteiger partial charge in [-0.05, 0) is 41.8 Å². The Kier molecular flexibility index (Phi) is 4.21. The molecule has 0 aromatic carbocycles. The number of rotatable bonds is 3. The summed E-state index contributed by atoms with van der Waals surface area (Å²) in [5.41, 5.74) is 1.56. The van der Waals surface area contributed by atoms with Crippen molar-refractivity contribution in [3.63, 3.8) is 0 Å². The third-order valence-corrected chi connectivity index (χ3v) is 4.16. The molecule has 2 atom stereocenters. The van der Waals surface area contributed by atoms with Gasteiger partial charge in [-0.1, -0.05) is 26.2 Å². The van der Waals surface area contributed by atoms with Crippen LogP contribution in [-0.2, 0) is 0 Å². The molecule has 1 aromatic rings. The first-order valence-electron chi connectivity index (χ1n) is 6.17. The molecule has 1 nitrogen and oxygen atoms in total. The first kappa shape index (κ1) is 11.2. The van der Waals surface area contributed by atoms with Crippen LogP contribution in [0.1, 0.15) is 50.5 Å². The number of thiophene rings is 1. The van der Waals surface area contributed by atoms with E-state index in [0.717, 1.165) is 12.5 Å². The molecule has 84 valence electrons. The van der Waals surface area contributed by atoms with Crippen LogP contribution in [0.2, 0.25) is 0 Å². The SMILES string of the molecule is CCNC1CCCCCC1c1ccsc1. The van der Waals surface area contributed by atoms with E-state index < -0.39 is 0 Å². The normalized spacial score (nSPS) is 27.5. The standard InChI is InChI=1S/C13H21NS/c1-2-14-13-7-5-3-4-6-12(13)11-8-9-15-10-11/h8-10,12-14H,2-7H2,1H3. The van der Waals surface area contributed by atoms with Gasteiger partial charge in [-0.3, -0.25) is 0 Å². The number of hydrogen-bond acceptors (Lipinski definition) is 2. The van der Waals surface area contributed by atoms with Crippen LogP contribution >= 0.6 is 11.3 Å². The number of nitrogens with one attached hydrogen (secondary N) is 1. The largest absolute Gasteiger partial charge is 0.314 e. The average molecular weight is 223 g/mol. The number of hydrogen-bond donors (Lipinski definition) is 1. The first-order chi connectivity index (χ1) is 7.42. The molecule has 1 saturated carbocycles. The van der Waals surface area contributed by atoms with E-state index >= 15 is 0 Å². The van der Waals surface area contributed by atoms with Gasteiger partial charge in [0.2, 0.25) is 0 Å². The van der Waals surface area contributed by atoms with Gasteiger partial charge in [0.15, 0.2) is 0 Å². The van der Waals surface area contributed by atoms with Crippen molar-refractivity contribution in [1.82, 2.24) is 5.32 Å². The summed E-state index contributed by atoms with van der Waals surface area (Å²) in [7, 11) is 0. The molecule has 1 fully saturated rings. The lowest BCUT2D eigenvalue weighted by atomic mass is 9.89. The van der Waals surface area contributed by atoms with Crippen molar-refractivity contribution in [1.29, 1.82) is 0 Å². The predicted molar refractivity (Wildman–Crippen MR) is 67.6 cm³/mol. The highest BCUT2D eigenvalue weighted by molar-refractivity contribution is 7.07. The Bertz CT molecular complexity index is 268. The minimum atomic E-state index is 0.715. The molecule has 0 saturated heterocycles. The zero-order chi connectivity index (χ0) is 10.5. The molecule has 1 heterocycles. The average Bonchev–Trinajstić information content (AvgIpc) is 2.67. The lowest BCUT2D eigenvalue weighted by molar-refractivity contribution is 0.420. The van der Waals surface area contributed by atoms with E-state index in [1.165, 1.54) is 32.1 Å². The van der Waals surface area contributed by atoms with Crippen LogP contribution in [0.4, 0.5) is 0 Å². The van der Waals surface area contributed by atoms with Gasteiger partial charge in [-0.25, -0.2) is 0 Å². The topological polar surface area (TPSA) is 12.0 Å². The van der Waals surface area contributed by atoms with E-state index in [0.29, 0.717) is 6.04 Å². The summed E-state index contributed by atoms with van der Waals surface area (Å²) < 4.78 is 0. The Morgan fingerprint density at radius 3 is 2.93 bits per heavy atom. The molecule has 0 radical (unpaired) electrons. The lowest BCUT2D eigenvalue weighted by Crippen LogP contribution is -2.33. The van der Waals surface area contributed by atoms with E-state index in [9.17, 15) is 0 Å². The fourth-order valence-electron chi connectivity index (χ4n) is 2.70. The van der Waals surface area contributed by atoms with Crippen molar-refractivity contribution in [3.8, 4) is 0 Å². The van der Waals surface area contributed by atoms with Gasteiger partial charge >= 0.3 is 0 Å².